The summed E-state index contributed by atoms with van der Waals surface area (Å²) in [4.78, 5) is 12.3. The number of aromatic nitrogens is 1. The largest absolute Gasteiger partial charge is 0.337 e. The predicted octanol–water partition coefficient (Wildman–Crippen LogP) is 3.06. The normalized spacial score (nSPS) is 10.3. The molecular weight excluding hydrogens is 280 g/mol. The van der Waals surface area contributed by atoms with Gasteiger partial charge >= 0.3 is 0 Å². The van der Waals surface area contributed by atoms with Gasteiger partial charge in [0.25, 0.3) is 5.91 Å². The van der Waals surface area contributed by atoms with Crippen molar-refractivity contribution in [3.63, 3.8) is 0 Å². The molecule has 2 aromatic heterocycles. The lowest BCUT2D eigenvalue weighted by Crippen LogP contribution is -2.09. The van der Waals surface area contributed by atoms with E-state index < -0.39 is 0 Å². The highest BCUT2D eigenvalue weighted by molar-refractivity contribution is 9.10. The minimum absolute atomic E-state index is 0.193. The van der Waals surface area contributed by atoms with Gasteiger partial charge in [0.2, 0.25) is 5.88 Å². The summed E-state index contributed by atoms with van der Waals surface area (Å²) >= 11 is 4.65. The van der Waals surface area contributed by atoms with E-state index in [9.17, 15) is 4.79 Å². The van der Waals surface area contributed by atoms with Gasteiger partial charge in [-0.1, -0.05) is 11.2 Å². The van der Waals surface area contributed by atoms with E-state index in [0.717, 1.165) is 0 Å². The molecule has 0 unspecified atom stereocenters. The van der Waals surface area contributed by atoms with Crippen molar-refractivity contribution in [2.75, 3.05) is 5.32 Å². The lowest BCUT2D eigenvalue weighted by molar-refractivity contribution is 0.102. The van der Waals surface area contributed by atoms with Gasteiger partial charge in [-0.05, 0) is 34.3 Å². The molecule has 0 aromatic carbocycles. The first-order chi connectivity index (χ1) is 7.18. The van der Waals surface area contributed by atoms with Crippen LogP contribution < -0.4 is 5.32 Å². The van der Waals surface area contributed by atoms with Crippen LogP contribution in [0.5, 0.6) is 0 Å². The molecular formula is C9H7BrN2O2S. The lowest BCUT2D eigenvalue weighted by atomic mass is 10.4. The zero-order chi connectivity index (χ0) is 10.8. The summed E-state index contributed by atoms with van der Waals surface area (Å²) in [5.41, 5.74) is 0.705. The van der Waals surface area contributed by atoms with Crippen LogP contribution in [0.3, 0.4) is 0 Å². The third-order valence-electron chi connectivity index (χ3n) is 1.76. The first kappa shape index (κ1) is 10.4. The third kappa shape index (κ3) is 2.10. The molecule has 0 aliphatic heterocycles. The van der Waals surface area contributed by atoms with E-state index in [1.54, 1.807) is 13.0 Å². The Hall–Kier alpha value is -1.14. The summed E-state index contributed by atoms with van der Waals surface area (Å²) in [7, 11) is 0. The van der Waals surface area contributed by atoms with E-state index in [2.05, 4.69) is 26.4 Å². The summed E-state index contributed by atoms with van der Waals surface area (Å²) in [6.07, 6.45) is 0. The zero-order valence-electron chi connectivity index (χ0n) is 7.78. The number of carbonyl (C=O) groups excluding carboxylic acids is 1. The van der Waals surface area contributed by atoms with Crippen LogP contribution in [0, 0.1) is 6.92 Å². The summed E-state index contributed by atoms with van der Waals surface area (Å²) in [6.45, 7) is 1.79. The summed E-state index contributed by atoms with van der Waals surface area (Å²) in [6, 6.07) is 3.57. The number of anilines is 1. The van der Waals surface area contributed by atoms with Crippen LogP contribution in [0.2, 0.25) is 0 Å². The first-order valence-corrected chi connectivity index (χ1v) is 5.82. The topological polar surface area (TPSA) is 55.1 Å². The number of amides is 1. The molecule has 0 aliphatic carbocycles. The van der Waals surface area contributed by atoms with Gasteiger partial charge in [-0.15, -0.1) is 11.3 Å². The molecule has 2 rings (SSSR count). The van der Waals surface area contributed by atoms with Crippen molar-refractivity contribution in [3.8, 4) is 0 Å². The molecule has 0 aliphatic rings. The lowest BCUT2D eigenvalue weighted by Gasteiger charge is -1.97. The molecule has 0 saturated carbocycles. The molecule has 2 heterocycles. The SMILES string of the molecule is Cc1noc(NC(=O)c2cccs2)c1Br. The second kappa shape index (κ2) is 4.16. The molecule has 0 saturated heterocycles. The van der Waals surface area contributed by atoms with Crippen LogP contribution in [-0.4, -0.2) is 11.1 Å². The van der Waals surface area contributed by atoms with Crippen LogP contribution in [0.4, 0.5) is 5.88 Å². The number of carbonyl (C=O) groups is 1. The maximum atomic E-state index is 11.6. The van der Waals surface area contributed by atoms with Crippen molar-refractivity contribution >= 4 is 39.1 Å². The molecule has 1 amide bonds. The second-order valence-electron chi connectivity index (χ2n) is 2.84. The van der Waals surface area contributed by atoms with E-state index in [4.69, 9.17) is 4.52 Å². The molecule has 1 N–H and O–H groups in total. The Kier molecular flexibility index (Phi) is 2.88. The average Bonchev–Trinajstić information content (AvgIpc) is 2.83. The third-order valence-corrected chi connectivity index (χ3v) is 3.57. The van der Waals surface area contributed by atoms with Crippen molar-refractivity contribution in [3.05, 3.63) is 32.6 Å². The number of aryl methyl sites for hydroxylation is 1. The van der Waals surface area contributed by atoms with Crippen molar-refractivity contribution in [2.45, 2.75) is 6.92 Å². The molecule has 0 bridgehead atoms. The molecule has 0 fully saturated rings. The molecule has 4 nitrogen and oxygen atoms in total. The number of halogens is 1. The standard InChI is InChI=1S/C9H7BrN2O2S/c1-5-7(10)9(14-12-5)11-8(13)6-3-2-4-15-6/h2-4H,1H3,(H,11,13). The fourth-order valence-electron chi connectivity index (χ4n) is 1.01. The van der Waals surface area contributed by atoms with Crippen LogP contribution >= 0.6 is 27.3 Å². The number of hydrogen-bond donors (Lipinski definition) is 1. The quantitative estimate of drug-likeness (QED) is 0.923. The number of rotatable bonds is 2. The van der Waals surface area contributed by atoms with Crippen molar-refractivity contribution in [1.82, 2.24) is 5.16 Å². The minimum Gasteiger partial charge on any atom is -0.337 e. The summed E-state index contributed by atoms with van der Waals surface area (Å²) < 4.78 is 5.61. The molecule has 0 radical (unpaired) electrons. The smallest absolute Gasteiger partial charge is 0.268 e. The Bertz CT molecular complexity index is 478. The number of nitrogens with one attached hydrogen (secondary N) is 1. The van der Waals surface area contributed by atoms with Gasteiger partial charge in [-0.2, -0.15) is 0 Å². The maximum absolute atomic E-state index is 11.6. The van der Waals surface area contributed by atoms with Gasteiger partial charge in [0.15, 0.2) is 0 Å². The van der Waals surface area contributed by atoms with Crippen molar-refractivity contribution < 1.29 is 9.32 Å². The first-order valence-electron chi connectivity index (χ1n) is 4.15. The van der Waals surface area contributed by atoms with Crippen LogP contribution in [0.15, 0.2) is 26.5 Å². The van der Waals surface area contributed by atoms with Crippen molar-refractivity contribution in [2.24, 2.45) is 0 Å². The second-order valence-corrected chi connectivity index (χ2v) is 4.58. The average molecular weight is 287 g/mol. The highest BCUT2D eigenvalue weighted by Gasteiger charge is 2.14. The molecule has 15 heavy (non-hydrogen) atoms. The van der Waals surface area contributed by atoms with Crippen LogP contribution in [0.1, 0.15) is 15.4 Å². The Morgan fingerprint density at radius 1 is 1.67 bits per heavy atom. The van der Waals surface area contributed by atoms with Gasteiger partial charge < -0.3 is 4.52 Å². The van der Waals surface area contributed by atoms with Gasteiger partial charge in [-0.25, -0.2) is 0 Å². The Morgan fingerprint density at radius 3 is 3.00 bits per heavy atom. The van der Waals surface area contributed by atoms with Gasteiger partial charge in [-0.3, -0.25) is 10.1 Å². The molecule has 0 atom stereocenters. The summed E-state index contributed by atoms with van der Waals surface area (Å²) in [5, 5.41) is 8.19. The van der Waals surface area contributed by atoms with E-state index in [0.29, 0.717) is 20.9 Å². The van der Waals surface area contributed by atoms with Crippen LogP contribution in [-0.2, 0) is 0 Å². The molecule has 78 valence electrons. The zero-order valence-corrected chi connectivity index (χ0v) is 10.2. The molecule has 2 aromatic rings. The Morgan fingerprint density at radius 2 is 2.47 bits per heavy atom. The highest BCUT2D eigenvalue weighted by atomic mass is 79.9. The maximum Gasteiger partial charge on any atom is 0.268 e. The minimum atomic E-state index is -0.193. The fraction of sp³-hybridized carbons (Fsp3) is 0.111. The highest BCUT2D eigenvalue weighted by Crippen LogP contribution is 2.26. The van der Waals surface area contributed by atoms with Gasteiger partial charge in [0.05, 0.1) is 10.6 Å². The monoisotopic (exact) mass is 286 g/mol. The number of thiophene rings is 1. The van der Waals surface area contributed by atoms with Gasteiger partial charge in [0, 0.05) is 0 Å². The van der Waals surface area contributed by atoms with E-state index in [1.807, 2.05) is 11.4 Å². The number of nitrogens with zero attached hydrogens (tertiary/aromatic N) is 1. The summed E-state index contributed by atoms with van der Waals surface area (Å²) in [5.74, 6) is 0.146. The predicted molar refractivity (Wildman–Crippen MR) is 61.2 cm³/mol. The number of hydrogen-bond acceptors (Lipinski definition) is 4. The molecule has 0 spiro atoms. The molecule has 6 heteroatoms. The van der Waals surface area contributed by atoms with Crippen molar-refractivity contribution in [1.29, 1.82) is 0 Å². The Balaban J connectivity index is 2.16. The van der Waals surface area contributed by atoms with E-state index >= 15 is 0 Å². The fourth-order valence-corrected chi connectivity index (χ4v) is 1.87. The van der Waals surface area contributed by atoms with Gasteiger partial charge in [0.1, 0.15) is 4.47 Å². The van der Waals surface area contributed by atoms with E-state index in [-0.39, 0.29) is 5.91 Å². The Labute approximate surface area is 98.4 Å². The van der Waals surface area contributed by atoms with E-state index in [1.165, 1.54) is 11.3 Å². The van der Waals surface area contributed by atoms with Crippen LogP contribution in [0.25, 0.3) is 0 Å².